The van der Waals surface area contributed by atoms with E-state index in [1.165, 1.54) is 21.6 Å². The third-order valence-electron chi connectivity index (χ3n) is 4.34. The minimum atomic E-state index is -0.553. The molecule has 8 heteroatoms. The van der Waals surface area contributed by atoms with E-state index < -0.39 is 11.7 Å². The molecule has 2 aromatic carbocycles. The first-order valence-corrected chi connectivity index (χ1v) is 8.69. The second kappa shape index (κ2) is 6.94. The highest BCUT2D eigenvalue weighted by molar-refractivity contribution is 6.30. The van der Waals surface area contributed by atoms with Crippen LogP contribution in [-0.2, 0) is 0 Å². The molecule has 0 aliphatic heterocycles. The Balaban J connectivity index is 1.91. The zero-order valence-electron chi connectivity index (χ0n) is 14.7. The monoisotopic (exact) mass is 396 g/mol. The molecule has 2 aromatic heterocycles. The maximum atomic E-state index is 13.8. The molecule has 0 aliphatic rings. The Hall–Kier alpha value is -3.45. The number of rotatable bonds is 3. The zero-order valence-corrected chi connectivity index (χ0v) is 15.4. The Labute approximate surface area is 164 Å². The number of halogens is 2. The van der Waals surface area contributed by atoms with Crippen LogP contribution in [0.1, 0.15) is 10.5 Å². The molecule has 0 saturated heterocycles. The number of carbonyl (C=O) groups excluding carboxylic acids is 1. The predicted molar refractivity (Wildman–Crippen MR) is 104 cm³/mol. The highest BCUT2D eigenvalue weighted by Gasteiger charge is 2.26. The van der Waals surface area contributed by atoms with E-state index in [9.17, 15) is 14.3 Å². The van der Waals surface area contributed by atoms with Gasteiger partial charge in [0.15, 0.2) is 0 Å². The van der Waals surface area contributed by atoms with Gasteiger partial charge in [0.05, 0.1) is 0 Å². The number of amides is 1. The summed E-state index contributed by atoms with van der Waals surface area (Å²) in [4.78, 5) is 23.3. The molecule has 0 fully saturated rings. The Bertz CT molecular complexity index is 1190. The second-order valence-corrected chi connectivity index (χ2v) is 6.54. The van der Waals surface area contributed by atoms with Crippen molar-refractivity contribution in [1.29, 1.82) is 0 Å². The molecule has 0 radical (unpaired) electrons. The molecular formula is C20H14ClFN4O2. The summed E-state index contributed by atoms with van der Waals surface area (Å²) < 4.78 is 15.3. The van der Waals surface area contributed by atoms with Gasteiger partial charge in [-0.15, -0.1) is 0 Å². The fourth-order valence-corrected chi connectivity index (χ4v) is 3.04. The topological polar surface area (TPSA) is 70.7 Å². The third kappa shape index (κ3) is 3.05. The first kappa shape index (κ1) is 17.9. The van der Waals surface area contributed by atoms with Gasteiger partial charge in [0, 0.05) is 35.7 Å². The van der Waals surface area contributed by atoms with Crippen LogP contribution in [-0.4, -0.2) is 32.4 Å². The minimum absolute atomic E-state index is 0.110. The number of hydrogen-bond acceptors (Lipinski definition) is 4. The Morgan fingerprint density at radius 2 is 1.96 bits per heavy atom. The first-order chi connectivity index (χ1) is 13.5. The zero-order chi connectivity index (χ0) is 19.8. The maximum absolute atomic E-state index is 13.8. The van der Waals surface area contributed by atoms with Crippen molar-refractivity contribution < 1.29 is 14.3 Å². The summed E-state index contributed by atoms with van der Waals surface area (Å²) in [5, 5.41) is 10.8. The minimum Gasteiger partial charge on any atom is -0.507 e. The largest absolute Gasteiger partial charge is 0.507 e. The van der Waals surface area contributed by atoms with Gasteiger partial charge in [-0.2, -0.15) is 0 Å². The van der Waals surface area contributed by atoms with Crippen molar-refractivity contribution in [2.45, 2.75) is 0 Å². The molecule has 0 atom stereocenters. The molecule has 0 saturated carbocycles. The SMILES string of the molecule is CN(C(=O)c1c(-c2cc(F)ccc2O)nc2ncccn12)c1ccc(Cl)cc1. The van der Waals surface area contributed by atoms with Gasteiger partial charge in [0.2, 0.25) is 5.78 Å². The van der Waals surface area contributed by atoms with Crippen LogP contribution in [0.3, 0.4) is 0 Å². The van der Waals surface area contributed by atoms with Gasteiger partial charge >= 0.3 is 0 Å². The van der Waals surface area contributed by atoms with E-state index in [-0.39, 0.29) is 28.5 Å². The van der Waals surface area contributed by atoms with Gasteiger partial charge < -0.3 is 10.0 Å². The number of phenolic OH excluding ortho intramolecular Hbond substituents is 1. The fourth-order valence-electron chi connectivity index (χ4n) is 2.92. The van der Waals surface area contributed by atoms with Crippen LogP contribution in [0.25, 0.3) is 17.0 Å². The van der Waals surface area contributed by atoms with Crippen LogP contribution in [0.5, 0.6) is 5.75 Å². The standard InChI is InChI=1S/C20H14ClFN4O2/c1-25(14-6-3-12(21)4-7-14)19(28)18-17(15-11-13(22)5-8-16(15)27)24-20-23-9-2-10-26(18)20/h2-11,27H,1H3. The lowest BCUT2D eigenvalue weighted by atomic mass is 10.1. The van der Waals surface area contributed by atoms with E-state index in [2.05, 4.69) is 9.97 Å². The third-order valence-corrected chi connectivity index (χ3v) is 4.59. The van der Waals surface area contributed by atoms with Crippen molar-refractivity contribution >= 4 is 29.0 Å². The van der Waals surface area contributed by atoms with Gasteiger partial charge in [0.1, 0.15) is 23.0 Å². The number of benzene rings is 2. The summed E-state index contributed by atoms with van der Waals surface area (Å²) in [6.45, 7) is 0. The van der Waals surface area contributed by atoms with Crippen molar-refractivity contribution in [3.05, 3.63) is 77.5 Å². The summed E-state index contributed by atoms with van der Waals surface area (Å²) in [6.07, 6.45) is 3.17. The lowest BCUT2D eigenvalue weighted by Crippen LogP contribution is -2.28. The fraction of sp³-hybridized carbons (Fsp3) is 0.0500. The van der Waals surface area contributed by atoms with Gasteiger partial charge in [-0.05, 0) is 48.5 Å². The van der Waals surface area contributed by atoms with Crippen LogP contribution in [0, 0.1) is 5.82 Å². The highest BCUT2D eigenvalue weighted by atomic mass is 35.5. The van der Waals surface area contributed by atoms with Crippen molar-refractivity contribution in [2.24, 2.45) is 0 Å². The number of fused-ring (bicyclic) bond motifs is 1. The summed E-state index contributed by atoms with van der Waals surface area (Å²) in [5.41, 5.74) is 1.02. The Kier molecular flexibility index (Phi) is 4.44. The van der Waals surface area contributed by atoms with E-state index >= 15 is 0 Å². The molecule has 0 bridgehead atoms. The number of anilines is 1. The van der Waals surface area contributed by atoms with E-state index in [1.54, 1.807) is 43.6 Å². The van der Waals surface area contributed by atoms with Crippen LogP contribution in [0.15, 0.2) is 60.9 Å². The van der Waals surface area contributed by atoms with Crippen LogP contribution in [0.4, 0.5) is 10.1 Å². The molecule has 0 unspecified atom stereocenters. The molecule has 28 heavy (non-hydrogen) atoms. The first-order valence-electron chi connectivity index (χ1n) is 8.31. The highest BCUT2D eigenvalue weighted by Crippen LogP contribution is 2.33. The van der Waals surface area contributed by atoms with E-state index in [0.29, 0.717) is 10.7 Å². The van der Waals surface area contributed by atoms with Crippen LogP contribution in [0.2, 0.25) is 5.02 Å². The van der Waals surface area contributed by atoms with Crippen molar-refractivity contribution in [3.8, 4) is 17.0 Å². The van der Waals surface area contributed by atoms with Gasteiger partial charge in [-0.25, -0.2) is 14.4 Å². The molecule has 0 aliphatic carbocycles. The smallest absolute Gasteiger partial charge is 0.277 e. The molecule has 6 nitrogen and oxygen atoms in total. The number of carbonyl (C=O) groups is 1. The molecule has 1 amide bonds. The summed E-state index contributed by atoms with van der Waals surface area (Å²) >= 11 is 5.92. The van der Waals surface area contributed by atoms with Crippen LogP contribution >= 0.6 is 11.6 Å². The Morgan fingerprint density at radius 3 is 2.71 bits per heavy atom. The summed E-state index contributed by atoms with van der Waals surface area (Å²) in [6, 6.07) is 11.9. The normalized spacial score (nSPS) is 11.0. The van der Waals surface area contributed by atoms with Gasteiger partial charge in [-0.3, -0.25) is 9.20 Å². The van der Waals surface area contributed by atoms with Gasteiger partial charge in [-0.1, -0.05) is 11.6 Å². The average Bonchev–Trinajstić information content (AvgIpc) is 3.08. The number of imidazole rings is 1. The van der Waals surface area contributed by atoms with Crippen LogP contribution < -0.4 is 4.90 Å². The number of aromatic nitrogens is 3. The second-order valence-electron chi connectivity index (χ2n) is 6.10. The Morgan fingerprint density at radius 1 is 1.21 bits per heavy atom. The van der Waals surface area contributed by atoms with E-state index in [1.807, 2.05) is 0 Å². The molecule has 4 aromatic rings. The van der Waals surface area contributed by atoms with Gasteiger partial charge in [0.25, 0.3) is 5.91 Å². The number of aromatic hydroxyl groups is 1. The van der Waals surface area contributed by atoms with Crippen molar-refractivity contribution in [3.63, 3.8) is 0 Å². The molecule has 1 N–H and O–H groups in total. The lowest BCUT2D eigenvalue weighted by Gasteiger charge is -2.18. The van der Waals surface area contributed by atoms with E-state index in [0.717, 1.165) is 12.1 Å². The molecule has 0 spiro atoms. The molecular weight excluding hydrogens is 383 g/mol. The lowest BCUT2D eigenvalue weighted by molar-refractivity contribution is 0.0988. The molecule has 140 valence electrons. The number of hydrogen-bond donors (Lipinski definition) is 1. The van der Waals surface area contributed by atoms with E-state index in [4.69, 9.17) is 11.6 Å². The quantitative estimate of drug-likeness (QED) is 0.564. The number of nitrogens with zero attached hydrogens (tertiary/aromatic N) is 4. The summed E-state index contributed by atoms with van der Waals surface area (Å²) in [5.74, 6) is -0.884. The average molecular weight is 397 g/mol. The number of phenols is 1. The maximum Gasteiger partial charge on any atom is 0.277 e. The van der Waals surface area contributed by atoms with Crippen molar-refractivity contribution in [2.75, 3.05) is 11.9 Å². The predicted octanol–water partition coefficient (Wildman–Crippen LogP) is 4.17. The molecule has 4 rings (SSSR count). The molecule has 2 heterocycles. The summed E-state index contributed by atoms with van der Waals surface area (Å²) in [7, 11) is 1.61. The van der Waals surface area contributed by atoms with Crippen molar-refractivity contribution in [1.82, 2.24) is 14.4 Å².